The lowest BCUT2D eigenvalue weighted by Crippen LogP contribution is -1.96. The average molecular weight is 272 g/mol. The number of anilines is 1. The third-order valence-electron chi connectivity index (χ3n) is 1.90. The van der Waals surface area contributed by atoms with Crippen molar-refractivity contribution in [3.63, 3.8) is 0 Å². The number of fused-ring (bicyclic) bond motifs is 1. The molecule has 0 fully saturated rings. The highest BCUT2D eigenvalue weighted by atomic mass is 79.9. The van der Waals surface area contributed by atoms with Crippen molar-refractivity contribution in [2.75, 3.05) is 5.73 Å². The Kier molecular flexibility index (Phi) is 2.20. The van der Waals surface area contributed by atoms with Crippen LogP contribution in [-0.4, -0.2) is 11.1 Å². The van der Waals surface area contributed by atoms with E-state index in [2.05, 4.69) is 15.9 Å². The van der Waals surface area contributed by atoms with Crippen LogP contribution in [-0.2, 0) is 0 Å². The smallest absolute Gasteiger partial charge is 0.337 e. The van der Waals surface area contributed by atoms with Gasteiger partial charge in [-0.05, 0) is 12.1 Å². The highest BCUT2D eigenvalue weighted by Crippen LogP contribution is 2.33. The first-order valence-electron chi connectivity index (χ1n) is 3.79. The molecule has 0 aliphatic rings. The number of thiophene rings is 1. The maximum atomic E-state index is 10.9. The molecule has 0 saturated carbocycles. The summed E-state index contributed by atoms with van der Waals surface area (Å²) in [5.41, 5.74) is 6.62. The average Bonchev–Trinajstić information content (AvgIpc) is 2.47. The van der Waals surface area contributed by atoms with Crippen LogP contribution in [0.15, 0.2) is 22.0 Å². The number of rotatable bonds is 1. The number of hydrogen-bond donors (Lipinski definition) is 2. The fourth-order valence-electron chi connectivity index (χ4n) is 1.28. The summed E-state index contributed by atoms with van der Waals surface area (Å²) in [7, 11) is 0. The van der Waals surface area contributed by atoms with E-state index < -0.39 is 5.97 Å². The molecule has 2 aromatic rings. The van der Waals surface area contributed by atoms with Crippen LogP contribution < -0.4 is 5.73 Å². The first-order chi connectivity index (χ1) is 6.59. The molecule has 0 saturated heterocycles. The molecule has 14 heavy (non-hydrogen) atoms. The molecule has 3 N–H and O–H groups in total. The van der Waals surface area contributed by atoms with Gasteiger partial charge in [0.15, 0.2) is 0 Å². The summed E-state index contributed by atoms with van der Waals surface area (Å²) in [5, 5.41) is 11.5. The molecule has 0 unspecified atom stereocenters. The van der Waals surface area contributed by atoms with Crippen LogP contribution in [0.25, 0.3) is 10.1 Å². The minimum absolute atomic E-state index is 0.288. The van der Waals surface area contributed by atoms with Crippen LogP contribution in [0.4, 0.5) is 5.69 Å². The minimum atomic E-state index is -0.932. The van der Waals surface area contributed by atoms with Gasteiger partial charge in [0, 0.05) is 15.2 Å². The molecule has 0 atom stereocenters. The number of carboxylic acid groups (broad SMARTS) is 1. The van der Waals surface area contributed by atoms with Gasteiger partial charge in [-0.3, -0.25) is 0 Å². The number of nitrogen functional groups attached to an aromatic ring is 1. The Morgan fingerprint density at radius 3 is 2.86 bits per heavy atom. The Hall–Kier alpha value is -1.07. The summed E-state index contributed by atoms with van der Waals surface area (Å²) in [5.74, 6) is -0.932. The van der Waals surface area contributed by atoms with E-state index in [0.717, 1.165) is 14.6 Å². The first-order valence-corrected chi connectivity index (χ1v) is 5.46. The maximum absolute atomic E-state index is 10.9. The van der Waals surface area contributed by atoms with E-state index in [1.54, 1.807) is 11.4 Å². The number of hydrogen-bond acceptors (Lipinski definition) is 3. The van der Waals surface area contributed by atoms with Crippen molar-refractivity contribution in [2.45, 2.75) is 0 Å². The molecular weight excluding hydrogens is 266 g/mol. The molecule has 1 aromatic heterocycles. The van der Waals surface area contributed by atoms with Gasteiger partial charge in [0.1, 0.15) is 0 Å². The van der Waals surface area contributed by atoms with E-state index in [1.807, 2.05) is 6.07 Å². The topological polar surface area (TPSA) is 63.3 Å². The van der Waals surface area contributed by atoms with Crippen LogP contribution in [0.1, 0.15) is 10.4 Å². The SMILES string of the molecule is Nc1csc2c(C(=O)O)cc(Br)cc12. The standard InChI is InChI=1S/C9H6BrNO2S/c10-4-1-5-7(11)3-14-8(5)6(2-4)9(12)13/h1-3H,11H2,(H,12,13). The second-order valence-corrected chi connectivity index (χ2v) is 4.62. The van der Waals surface area contributed by atoms with Gasteiger partial charge < -0.3 is 10.8 Å². The van der Waals surface area contributed by atoms with Crippen molar-refractivity contribution in [3.8, 4) is 0 Å². The van der Waals surface area contributed by atoms with E-state index in [1.165, 1.54) is 11.3 Å². The normalized spacial score (nSPS) is 10.6. The molecule has 0 spiro atoms. The zero-order valence-electron chi connectivity index (χ0n) is 6.95. The Morgan fingerprint density at radius 1 is 1.50 bits per heavy atom. The minimum Gasteiger partial charge on any atom is -0.478 e. The molecule has 1 heterocycles. The quantitative estimate of drug-likeness (QED) is 0.838. The fraction of sp³-hybridized carbons (Fsp3) is 0. The molecule has 0 amide bonds. The van der Waals surface area contributed by atoms with Gasteiger partial charge in [-0.15, -0.1) is 11.3 Å². The van der Waals surface area contributed by atoms with Gasteiger partial charge in [0.25, 0.3) is 0 Å². The first kappa shape index (κ1) is 9.48. The largest absolute Gasteiger partial charge is 0.478 e. The lowest BCUT2D eigenvalue weighted by molar-refractivity contribution is 0.0699. The second kappa shape index (κ2) is 3.25. The molecule has 0 aliphatic heterocycles. The van der Waals surface area contributed by atoms with Gasteiger partial charge in [0.05, 0.1) is 16.0 Å². The number of halogens is 1. The van der Waals surface area contributed by atoms with E-state index in [-0.39, 0.29) is 5.56 Å². The van der Waals surface area contributed by atoms with Crippen LogP contribution in [0.2, 0.25) is 0 Å². The Labute approximate surface area is 92.3 Å². The summed E-state index contributed by atoms with van der Waals surface area (Å²) < 4.78 is 1.45. The molecule has 0 bridgehead atoms. The molecule has 72 valence electrons. The fourth-order valence-corrected chi connectivity index (χ4v) is 2.69. The van der Waals surface area contributed by atoms with Gasteiger partial charge in [-0.2, -0.15) is 0 Å². The zero-order valence-corrected chi connectivity index (χ0v) is 9.35. The Bertz CT molecular complexity index is 521. The van der Waals surface area contributed by atoms with E-state index in [0.29, 0.717) is 5.69 Å². The number of nitrogens with two attached hydrogens (primary N) is 1. The van der Waals surface area contributed by atoms with Gasteiger partial charge in [-0.25, -0.2) is 4.79 Å². The van der Waals surface area contributed by atoms with Gasteiger partial charge in [-0.1, -0.05) is 15.9 Å². The number of benzene rings is 1. The lowest BCUT2D eigenvalue weighted by Gasteiger charge is -1.99. The van der Waals surface area contributed by atoms with Crippen molar-refractivity contribution < 1.29 is 9.90 Å². The highest BCUT2D eigenvalue weighted by Gasteiger charge is 2.12. The number of aromatic carboxylic acids is 1. The van der Waals surface area contributed by atoms with Crippen molar-refractivity contribution in [2.24, 2.45) is 0 Å². The Balaban J connectivity index is 2.88. The predicted octanol–water partition coefficient (Wildman–Crippen LogP) is 2.94. The summed E-state index contributed by atoms with van der Waals surface area (Å²) in [4.78, 5) is 10.9. The van der Waals surface area contributed by atoms with Crippen LogP contribution in [0.3, 0.4) is 0 Å². The molecule has 2 rings (SSSR count). The summed E-state index contributed by atoms with van der Waals surface area (Å²) in [6.45, 7) is 0. The van der Waals surface area contributed by atoms with Crippen molar-refractivity contribution in [3.05, 3.63) is 27.5 Å². The van der Waals surface area contributed by atoms with E-state index in [9.17, 15) is 4.79 Å². The van der Waals surface area contributed by atoms with Crippen LogP contribution >= 0.6 is 27.3 Å². The third kappa shape index (κ3) is 1.38. The van der Waals surface area contributed by atoms with E-state index in [4.69, 9.17) is 10.8 Å². The second-order valence-electron chi connectivity index (χ2n) is 2.83. The van der Waals surface area contributed by atoms with E-state index >= 15 is 0 Å². The number of carbonyl (C=O) groups is 1. The van der Waals surface area contributed by atoms with Crippen LogP contribution in [0.5, 0.6) is 0 Å². The van der Waals surface area contributed by atoms with Crippen molar-refractivity contribution >= 4 is 49.0 Å². The summed E-state index contributed by atoms with van der Waals surface area (Å²) in [6.07, 6.45) is 0. The van der Waals surface area contributed by atoms with Gasteiger partial charge in [0.2, 0.25) is 0 Å². The molecule has 0 aliphatic carbocycles. The third-order valence-corrected chi connectivity index (χ3v) is 3.40. The molecule has 3 nitrogen and oxygen atoms in total. The molecule has 5 heteroatoms. The number of carboxylic acids is 1. The highest BCUT2D eigenvalue weighted by molar-refractivity contribution is 9.10. The van der Waals surface area contributed by atoms with Crippen molar-refractivity contribution in [1.82, 2.24) is 0 Å². The molecule has 0 radical (unpaired) electrons. The lowest BCUT2D eigenvalue weighted by atomic mass is 10.1. The zero-order chi connectivity index (χ0) is 10.3. The monoisotopic (exact) mass is 271 g/mol. The summed E-state index contributed by atoms with van der Waals surface area (Å²) in [6, 6.07) is 3.41. The molecule has 1 aromatic carbocycles. The Morgan fingerprint density at radius 2 is 2.21 bits per heavy atom. The summed E-state index contributed by atoms with van der Waals surface area (Å²) >= 11 is 4.61. The maximum Gasteiger partial charge on any atom is 0.337 e. The molecular formula is C9H6BrNO2S. The van der Waals surface area contributed by atoms with Crippen LogP contribution in [0, 0.1) is 0 Å². The van der Waals surface area contributed by atoms with Gasteiger partial charge >= 0.3 is 5.97 Å². The van der Waals surface area contributed by atoms with Crippen molar-refractivity contribution in [1.29, 1.82) is 0 Å². The predicted molar refractivity (Wildman–Crippen MR) is 60.9 cm³/mol.